The molecule has 1 aliphatic heterocycles. The normalized spacial score (nSPS) is 22.1. The minimum atomic E-state index is -1.27. The lowest BCUT2D eigenvalue weighted by Gasteiger charge is -2.31. The van der Waals surface area contributed by atoms with Gasteiger partial charge < -0.3 is 34.6 Å². The Morgan fingerprint density at radius 3 is 2.70 bits per heavy atom. The maximum absolute atomic E-state index is 12.2. The molecular weight excluding hydrogens is 356 g/mol. The molecule has 0 saturated carbocycles. The predicted octanol–water partition coefficient (Wildman–Crippen LogP) is 1.33. The highest BCUT2D eigenvalue weighted by atomic mass is 16.6. The van der Waals surface area contributed by atoms with E-state index in [0.29, 0.717) is 23.1 Å². The average molecular weight is 380 g/mol. The molecule has 0 saturated heterocycles. The molecule has 0 spiro atoms. The maximum Gasteiger partial charge on any atom is 0.306 e. The number of hydrogen-bond donors (Lipinski definition) is 4. The highest BCUT2D eigenvalue weighted by Gasteiger charge is 2.34. The smallest absolute Gasteiger partial charge is 0.306 e. The molecule has 0 bridgehead atoms. The molecule has 1 heterocycles. The number of phenols is 2. The third-order valence-electron chi connectivity index (χ3n) is 4.33. The number of methoxy groups -OCH3 is 1. The molecule has 0 aliphatic carbocycles. The first kappa shape index (κ1) is 20.8. The van der Waals surface area contributed by atoms with Gasteiger partial charge in [0, 0.05) is 30.6 Å². The van der Waals surface area contributed by atoms with Crippen molar-refractivity contribution < 1.29 is 39.4 Å². The Morgan fingerprint density at radius 2 is 2.07 bits per heavy atom. The van der Waals surface area contributed by atoms with E-state index in [1.165, 1.54) is 25.5 Å². The zero-order valence-electron chi connectivity index (χ0n) is 15.2. The Hall–Kier alpha value is -2.55. The molecule has 8 heteroatoms. The van der Waals surface area contributed by atoms with Crippen LogP contribution in [0.3, 0.4) is 0 Å². The number of rotatable bonds is 7. The van der Waals surface area contributed by atoms with Gasteiger partial charge in [0.2, 0.25) is 6.29 Å². The predicted molar refractivity (Wildman–Crippen MR) is 94.5 cm³/mol. The van der Waals surface area contributed by atoms with Crippen LogP contribution in [0.25, 0.3) is 0 Å². The second kappa shape index (κ2) is 9.40. The molecule has 1 aromatic carbocycles. The van der Waals surface area contributed by atoms with Crippen molar-refractivity contribution in [1.82, 2.24) is 0 Å². The van der Waals surface area contributed by atoms with Gasteiger partial charge in [0.05, 0.1) is 19.3 Å². The number of allylic oxidation sites excluding steroid dienone is 1. The Balaban J connectivity index is 1.97. The molecule has 8 nitrogen and oxygen atoms in total. The molecule has 0 radical (unpaired) electrons. The van der Waals surface area contributed by atoms with Crippen LogP contribution in [0.2, 0.25) is 0 Å². The number of benzene rings is 1. The van der Waals surface area contributed by atoms with E-state index in [1.807, 2.05) is 0 Å². The number of ether oxygens (including phenoxy) is 3. The Bertz CT molecular complexity index is 724. The van der Waals surface area contributed by atoms with Crippen LogP contribution in [0.5, 0.6) is 11.5 Å². The summed E-state index contributed by atoms with van der Waals surface area (Å²) in [6, 6.07) is 4.37. The van der Waals surface area contributed by atoms with Crippen LogP contribution >= 0.6 is 0 Å². The molecular formula is C19H24O8. The second-order valence-electron chi connectivity index (χ2n) is 6.03. The van der Waals surface area contributed by atoms with E-state index in [0.717, 1.165) is 0 Å². The summed E-state index contributed by atoms with van der Waals surface area (Å²) in [5, 5.41) is 38.7. The first-order chi connectivity index (χ1) is 12.9. The van der Waals surface area contributed by atoms with Gasteiger partial charge in [-0.3, -0.25) is 4.79 Å². The van der Waals surface area contributed by atoms with Gasteiger partial charge in [-0.2, -0.15) is 0 Å². The number of esters is 1. The SMILES string of the molecule is C/C=C1\[C@H](O)OC=C([C@@H](O)OC)[C@H]1CC(=O)OCCc1ccc(O)c(O)c1. The minimum Gasteiger partial charge on any atom is -0.504 e. The van der Waals surface area contributed by atoms with Crippen molar-refractivity contribution in [1.29, 1.82) is 0 Å². The molecule has 27 heavy (non-hydrogen) atoms. The van der Waals surface area contributed by atoms with E-state index in [4.69, 9.17) is 14.2 Å². The molecule has 2 rings (SSSR count). The second-order valence-corrected chi connectivity index (χ2v) is 6.03. The minimum absolute atomic E-state index is 0.0753. The van der Waals surface area contributed by atoms with Gasteiger partial charge in [-0.25, -0.2) is 0 Å². The third-order valence-corrected chi connectivity index (χ3v) is 4.33. The zero-order chi connectivity index (χ0) is 20.0. The van der Waals surface area contributed by atoms with Crippen molar-refractivity contribution in [3.8, 4) is 11.5 Å². The Kier molecular flexibility index (Phi) is 7.23. The highest BCUT2D eigenvalue weighted by Crippen LogP contribution is 2.34. The van der Waals surface area contributed by atoms with Crippen molar-refractivity contribution in [2.75, 3.05) is 13.7 Å². The van der Waals surface area contributed by atoms with E-state index in [9.17, 15) is 25.2 Å². The van der Waals surface area contributed by atoms with Crippen LogP contribution in [0.4, 0.5) is 0 Å². The maximum atomic E-state index is 12.2. The lowest BCUT2D eigenvalue weighted by molar-refractivity contribution is -0.145. The number of aliphatic hydroxyl groups is 2. The van der Waals surface area contributed by atoms with Crippen LogP contribution in [-0.4, -0.2) is 52.7 Å². The Labute approximate surface area is 156 Å². The van der Waals surface area contributed by atoms with Crippen LogP contribution in [0.15, 0.2) is 41.7 Å². The fourth-order valence-corrected chi connectivity index (χ4v) is 2.85. The standard InChI is InChI=1S/C19H24O8/c1-3-12-13(14(18(23)25-2)10-27-19(12)24)9-17(22)26-7-6-11-4-5-15(20)16(21)8-11/h3-5,8,10,13,18-21,23-24H,6-7,9H2,1-2H3/b12-3-/t13-,18-,19+/m0/s1. The summed E-state index contributed by atoms with van der Waals surface area (Å²) in [4.78, 5) is 12.2. The van der Waals surface area contributed by atoms with Crippen molar-refractivity contribution in [2.45, 2.75) is 32.3 Å². The summed E-state index contributed by atoms with van der Waals surface area (Å²) in [7, 11) is 1.31. The number of hydrogen-bond acceptors (Lipinski definition) is 8. The summed E-state index contributed by atoms with van der Waals surface area (Å²) >= 11 is 0. The molecule has 0 aromatic heterocycles. The number of aromatic hydroxyl groups is 2. The van der Waals surface area contributed by atoms with E-state index < -0.39 is 24.5 Å². The molecule has 0 unspecified atom stereocenters. The van der Waals surface area contributed by atoms with E-state index >= 15 is 0 Å². The van der Waals surface area contributed by atoms with E-state index in [-0.39, 0.29) is 24.5 Å². The molecule has 0 fully saturated rings. The Morgan fingerprint density at radius 1 is 1.33 bits per heavy atom. The lowest BCUT2D eigenvalue weighted by atomic mass is 9.86. The van der Waals surface area contributed by atoms with Gasteiger partial charge in [0.25, 0.3) is 0 Å². The number of carbonyl (C=O) groups excluding carboxylic acids is 1. The number of phenolic OH excluding ortho intramolecular Hbond substituents is 2. The lowest BCUT2D eigenvalue weighted by Crippen LogP contribution is -2.33. The van der Waals surface area contributed by atoms with Gasteiger partial charge in [-0.1, -0.05) is 12.1 Å². The summed E-state index contributed by atoms with van der Waals surface area (Å²) in [6.07, 6.45) is 0.592. The average Bonchev–Trinajstić information content (AvgIpc) is 2.64. The highest BCUT2D eigenvalue weighted by molar-refractivity contribution is 5.71. The van der Waals surface area contributed by atoms with Gasteiger partial charge >= 0.3 is 5.97 Å². The molecule has 4 N–H and O–H groups in total. The summed E-state index contributed by atoms with van der Waals surface area (Å²) < 4.78 is 15.2. The van der Waals surface area contributed by atoms with E-state index in [2.05, 4.69) is 0 Å². The van der Waals surface area contributed by atoms with Gasteiger partial charge in [-0.05, 0) is 24.6 Å². The molecule has 3 atom stereocenters. The quantitative estimate of drug-likeness (QED) is 0.242. The summed E-state index contributed by atoms with van der Waals surface area (Å²) in [5.74, 6) is -1.59. The monoisotopic (exact) mass is 380 g/mol. The summed E-state index contributed by atoms with van der Waals surface area (Å²) in [6.45, 7) is 1.77. The third kappa shape index (κ3) is 5.22. The fraction of sp³-hybridized carbons (Fsp3) is 0.421. The summed E-state index contributed by atoms with van der Waals surface area (Å²) in [5.41, 5.74) is 1.45. The van der Waals surface area contributed by atoms with Gasteiger partial charge in [0.15, 0.2) is 17.8 Å². The van der Waals surface area contributed by atoms with Crippen LogP contribution in [0, 0.1) is 5.92 Å². The van der Waals surface area contributed by atoms with Crippen molar-refractivity contribution in [3.63, 3.8) is 0 Å². The fourth-order valence-electron chi connectivity index (χ4n) is 2.85. The van der Waals surface area contributed by atoms with Gasteiger partial charge in [0.1, 0.15) is 0 Å². The molecule has 1 aliphatic rings. The first-order valence-electron chi connectivity index (χ1n) is 8.44. The number of aliphatic hydroxyl groups excluding tert-OH is 2. The first-order valence-corrected chi connectivity index (χ1v) is 8.44. The molecule has 148 valence electrons. The van der Waals surface area contributed by atoms with Crippen molar-refractivity contribution in [3.05, 3.63) is 47.2 Å². The largest absolute Gasteiger partial charge is 0.504 e. The topological polar surface area (TPSA) is 126 Å². The zero-order valence-corrected chi connectivity index (χ0v) is 15.2. The van der Waals surface area contributed by atoms with Crippen molar-refractivity contribution >= 4 is 5.97 Å². The van der Waals surface area contributed by atoms with Gasteiger partial charge in [-0.15, -0.1) is 0 Å². The molecule has 0 amide bonds. The van der Waals surface area contributed by atoms with E-state index in [1.54, 1.807) is 19.1 Å². The van der Waals surface area contributed by atoms with Crippen LogP contribution in [-0.2, 0) is 25.4 Å². The number of carbonyl (C=O) groups is 1. The van der Waals surface area contributed by atoms with Crippen LogP contribution < -0.4 is 0 Å². The van der Waals surface area contributed by atoms with Crippen molar-refractivity contribution in [2.24, 2.45) is 5.92 Å². The molecule has 1 aromatic rings. The van der Waals surface area contributed by atoms with Crippen LogP contribution in [0.1, 0.15) is 18.9 Å².